The third kappa shape index (κ3) is 3.78. The van der Waals surface area contributed by atoms with E-state index in [0.717, 1.165) is 0 Å². The lowest BCUT2D eigenvalue weighted by Crippen LogP contribution is -2.17. The summed E-state index contributed by atoms with van der Waals surface area (Å²) >= 11 is 0. The molecule has 106 valence electrons. The van der Waals surface area contributed by atoms with Crippen LogP contribution in [0.25, 0.3) is 0 Å². The molecule has 0 saturated heterocycles. The smallest absolute Gasteiger partial charge is 0.404 e. The van der Waals surface area contributed by atoms with Crippen molar-refractivity contribution < 1.29 is 17.9 Å². The minimum absolute atomic E-state index is 0.186. The number of anilines is 3. The molecular weight excluding hydrogens is 271 g/mol. The van der Waals surface area contributed by atoms with E-state index in [9.17, 15) is 13.2 Å². The van der Waals surface area contributed by atoms with Gasteiger partial charge in [0.25, 0.3) is 0 Å². The minimum atomic E-state index is -4.74. The Hall–Kier alpha value is -2.44. The number of halogens is 3. The van der Waals surface area contributed by atoms with Crippen molar-refractivity contribution in [3.8, 4) is 5.75 Å². The van der Waals surface area contributed by atoms with E-state index in [1.165, 1.54) is 18.2 Å². The average Bonchev–Trinajstić information content (AvgIpc) is 2.40. The molecule has 20 heavy (non-hydrogen) atoms. The van der Waals surface area contributed by atoms with Gasteiger partial charge in [-0.2, -0.15) is 0 Å². The Morgan fingerprint density at radius 1 is 1.00 bits per heavy atom. The molecule has 0 saturated carbocycles. The van der Waals surface area contributed by atoms with Crippen LogP contribution < -0.4 is 15.4 Å². The second-order valence-electron chi connectivity index (χ2n) is 3.83. The molecule has 7 heteroatoms. The van der Waals surface area contributed by atoms with Gasteiger partial charge in [-0.1, -0.05) is 18.2 Å². The summed E-state index contributed by atoms with van der Waals surface area (Å²) in [5.74, 6) is 0.705. The fourth-order valence-electron chi connectivity index (χ4n) is 1.57. The molecule has 0 spiro atoms. The van der Waals surface area contributed by atoms with Gasteiger partial charge in [0.15, 0.2) is 5.75 Å². The Morgan fingerprint density at radius 3 is 2.40 bits per heavy atom. The van der Waals surface area contributed by atoms with Crippen LogP contribution in [0.5, 0.6) is 5.75 Å². The molecule has 0 aliphatic heterocycles. The van der Waals surface area contributed by atoms with E-state index >= 15 is 0 Å². The van der Waals surface area contributed by atoms with E-state index < -0.39 is 6.36 Å². The predicted molar refractivity (Wildman–Crippen MR) is 70.2 cm³/mol. The van der Waals surface area contributed by atoms with Gasteiger partial charge in [-0.05, 0) is 24.3 Å². The molecule has 0 aliphatic carbocycles. The van der Waals surface area contributed by atoms with Gasteiger partial charge >= 0.3 is 6.36 Å². The molecule has 1 heterocycles. The molecule has 0 aliphatic rings. The number of pyridine rings is 1. The lowest BCUT2D eigenvalue weighted by molar-refractivity contribution is -0.274. The normalized spacial score (nSPS) is 11.0. The van der Waals surface area contributed by atoms with E-state index in [2.05, 4.69) is 20.4 Å². The summed E-state index contributed by atoms with van der Waals surface area (Å²) in [4.78, 5) is 4.17. The number of alkyl halides is 3. The zero-order chi connectivity index (χ0) is 14.6. The monoisotopic (exact) mass is 283 g/mol. The topological polar surface area (TPSA) is 46.2 Å². The zero-order valence-corrected chi connectivity index (χ0v) is 10.5. The van der Waals surface area contributed by atoms with Crippen molar-refractivity contribution in [3.05, 3.63) is 42.5 Å². The molecule has 0 atom stereocenters. The largest absolute Gasteiger partial charge is 0.573 e. The zero-order valence-electron chi connectivity index (χ0n) is 10.5. The van der Waals surface area contributed by atoms with Crippen LogP contribution >= 0.6 is 0 Å². The standard InChI is InChI=1S/C13H12F3N3O/c1-17-11-7-4-8-12(19-11)18-9-5-2-3-6-10(9)20-13(14,15)16/h2-8H,1H3,(H2,17,18,19). The SMILES string of the molecule is CNc1cccc(Nc2ccccc2OC(F)(F)F)n1. The van der Waals surface area contributed by atoms with Crippen molar-refractivity contribution in [1.82, 2.24) is 4.98 Å². The first kappa shape index (κ1) is 14.0. The average molecular weight is 283 g/mol. The fraction of sp³-hybridized carbons (Fsp3) is 0.154. The number of para-hydroxylation sites is 2. The summed E-state index contributed by atoms with van der Waals surface area (Å²) in [7, 11) is 1.70. The van der Waals surface area contributed by atoms with Crippen molar-refractivity contribution in [2.24, 2.45) is 0 Å². The number of rotatable bonds is 4. The van der Waals surface area contributed by atoms with Gasteiger partial charge < -0.3 is 15.4 Å². The first-order valence-corrected chi connectivity index (χ1v) is 5.74. The number of aromatic nitrogens is 1. The Morgan fingerprint density at radius 2 is 1.70 bits per heavy atom. The van der Waals surface area contributed by atoms with E-state index in [0.29, 0.717) is 11.6 Å². The Balaban J connectivity index is 2.24. The van der Waals surface area contributed by atoms with Gasteiger partial charge in [0.2, 0.25) is 0 Å². The van der Waals surface area contributed by atoms with Gasteiger partial charge in [-0.25, -0.2) is 4.98 Å². The van der Waals surface area contributed by atoms with Crippen LogP contribution in [0, 0.1) is 0 Å². The number of hydrogen-bond acceptors (Lipinski definition) is 4. The molecule has 0 amide bonds. The van der Waals surface area contributed by atoms with E-state index in [1.54, 1.807) is 31.3 Å². The highest BCUT2D eigenvalue weighted by atomic mass is 19.4. The summed E-state index contributed by atoms with van der Waals surface area (Å²) in [6, 6.07) is 10.9. The van der Waals surface area contributed by atoms with Crippen molar-refractivity contribution in [1.29, 1.82) is 0 Å². The van der Waals surface area contributed by atoms with Gasteiger partial charge in [-0.3, -0.25) is 0 Å². The lowest BCUT2D eigenvalue weighted by atomic mass is 10.3. The van der Waals surface area contributed by atoms with E-state index in [1.807, 2.05) is 0 Å². The van der Waals surface area contributed by atoms with E-state index in [-0.39, 0.29) is 11.4 Å². The first-order chi connectivity index (χ1) is 9.48. The molecule has 0 bridgehead atoms. The third-order valence-corrected chi connectivity index (χ3v) is 2.38. The number of hydrogen-bond donors (Lipinski definition) is 2. The summed E-state index contributed by atoms with van der Waals surface area (Å²) in [6.45, 7) is 0. The Labute approximate surface area is 113 Å². The van der Waals surface area contributed by atoms with Crippen molar-refractivity contribution in [2.75, 3.05) is 17.7 Å². The van der Waals surface area contributed by atoms with Gasteiger partial charge in [0.05, 0.1) is 5.69 Å². The number of ether oxygens (including phenoxy) is 1. The van der Waals surface area contributed by atoms with Crippen LogP contribution in [0.4, 0.5) is 30.5 Å². The molecule has 0 fully saturated rings. The quantitative estimate of drug-likeness (QED) is 0.896. The second-order valence-corrected chi connectivity index (χ2v) is 3.83. The van der Waals surface area contributed by atoms with Gasteiger partial charge in [0, 0.05) is 7.05 Å². The Kier molecular flexibility index (Phi) is 3.97. The maximum atomic E-state index is 12.3. The predicted octanol–water partition coefficient (Wildman–Crippen LogP) is 3.77. The van der Waals surface area contributed by atoms with Crippen LogP contribution in [-0.2, 0) is 0 Å². The molecule has 1 aromatic heterocycles. The molecule has 4 nitrogen and oxygen atoms in total. The van der Waals surface area contributed by atoms with Gasteiger partial charge in [0.1, 0.15) is 11.6 Å². The highest BCUT2D eigenvalue weighted by Crippen LogP contribution is 2.31. The molecule has 2 N–H and O–H groups in total. The summed E-state index contributed by atoms with van der Waals surface area (Å²) in [6.07, 6.45) is -4.74. The summed E-state index contributed by atoms with van der Waals surface area (Å²) in [5.41, 5.74) is 0.186. The third-order valence-electron chi connectivity index (χ3n) is 2.38. The van der Waals surface area contributed by atoms with Crippen molar-refractivity contribution in [2.45, 2.75) is 6.36 Å². The fourth-order valence-corrected chi connectivity index (χ4v) is 1.57. The van der Waals surface area contributed by atoms with E-state index in [4.69, 9.17) is 0 Å². The van der Waals surface area contributed by atoms with Crippen LogP contribution in [0.15, 0.2) is 42.5 Å². The summed E-state index contributed by atoms with van der Waals surface area (Å²) < 4.78 is 40.9. The van der Waals surface area contributed by atoms with Crippen molar-refractivity contribution >= 4 is 17.3 Å². The van der Waals surface area contributed by atoms with Crippen LogP contribution in [0.2, 0.25) is 0 Å². The number of benzene rings is 1. The molecule has 2 rings (SSSR count). The highest BCUT2D eigenvalue weighted by molar-refractivity contribution is 5.64. The summed E-state index contributed by atoms with van der Waals surface area (Å²) in [5, 5.41) is 5.64. The Bertz CT molecular complexity index is 587. The maximum absolute atomic E-state index is 12.3. The lowest BCUT2D eigenvalue weighted by Gasteiger charge is -2.14. The molecule has 2 aromatic rings. The van der Waals surface area contributed by atoms with Gasteiger partial charge in [-0.15, -0.1) is 13.2 Å². The van der Waals surface area contributed by atoms with Crippen molar-refractivity contribution in [3.63, 3.8) is 0 Å². The highest BCUT2D eigenvalue weighted by Gasteiger charge is 2.32. The molecular formula is C13H12F3N3O. The molecule has 1 aromatic carbocycles. The second kappa shape index (κ2) is 5.68. The first-order valence-electron chi connectivity index (χ1n) is 5.74. The van der Waals surface area contributed by atoms with Crippen LogP contribution in [-0.4, -0.2) is 18.4 Å². The number of nitrogens with zero attached hydrogens (tertiary/aromatic N) is 1. The maximum Gasteiger partial charge on any atom is 0.573 e. The molecule has 0 unspecified atom stereocenters. The van der Waals surface area contributed by atoms with Crippen LogP contribution in [0.1, 0.15) is 0 Å². The molecule has 0 radical (unpaired) electrons. The number of nitrogens with one attached hydrogen (secondary N) is 2. The minimum Gasteiger partial charge on any atom is -0.404 e. The van der Waals surface area contributed by atoms with Crippen LogP contribution in [0.3, 0.4) is 0 Å².